The van der Waals surface area contributed by atoms with E-state index in [0.717, 1.165) is 6.42 Å². The summed E-state index contributed by atoms with van der Waals surface area (Å²) in [6.45, 7) is 5.82. The Hall–Kier alpha value is -1.05. The molecule has 0 fully saturated rings. The standard InChI is InChI=1S/C8H12N2/c1-3-4-8(2)10-6-5-9-7-10/h3,5-8H,1,4H2,2H3. The van der Waals surface area contributed by atoms with E-state index in [2.05, 4.69) is 23.1 Å². The van der Waals surface area contributed by atoms with Gasteiger partial charge >= 0.3 is 0 Å². The highest BCUT2D eigenvalue weighted by molar-refractivity contribution is 4.82. The molecule has 1 unspecified atom stereocenters. The molecule has 0 N–H and O–H groups in total. The molecule has 0 aliphatic heterocycles. The summed E-state index contributed by atoms with van der Waals surface area (Å²) in [5.41, 5.74) is 0. The van der Waals surface area contributed by atoms with Crippen LogP contribution in [0.2, 0.25) is 0 Å². The normalized spacial score (nSPS) is 12.9. The van der Waals surface area contributed by atoms with E-state index in [1.807, 2.05) is 18.6 Å². The minimum atomic E-state index is 0.486. The third kappa shape index (κ3) is 1.47. The van der Waals surface area contributed by atoms with Crippen molar-refractivity contribution >= 4 is 0 Å². The number of nitrogens with zero attached hydrogens (tertiary/aromatic N) is 2. The molecule has 1 rings (SSSR count). The van der Waals surface area contributed by atoms with Gasteiger partial charge in [0, 0.05) is 18.4 Å². The van der Waals surface area contributed by atoms with Gasteiger partial charge < -0.3 is 4.57 Å². The molecule has 0 aliphatic carbocycles. The highest BCUT2D eigenvalue weighted by Gasteiger charge is 1.98. The van der Waals surface area contributed by atoms with Gasteiger partial charge in [-0.2, -0.15) is 0 Å². The third-order valence-electron chi connectivity index (χ3n) is 1.54. The van der Waals surface area contributed by atoms with Gasteiger partial charge in [-0.15, -0.1) is 6.58 Å². The van der Waals surface area contributed by atoms with Gasteiger partial charge in [-0.3, -0.25) is 0 Å². The zero-order chi connectivity index (χ0) is 7.40. The minimum Gasteiger partial charge on any atom is -0.334 e. The van der Waals surface area contributed by atoms with Crippen molar-refractivity contribution in [2.24, 2.45) is 0 Å². The molecule has 1 atom stereocenters. The van der Waals surface area contributed by atoms with Crippen LogP contribution < -0.4 is 0 Å². The number of imidazole rings is 1. The smallest absolute Gasteiger partial charge is 0.0948 e. The Morgan fingerprint density at radius 2 is 2.60 bits per heavy atom. The zero-order valence-electron chi connectivity index (χ0n) is 6.20. The molecule has 2 nitrogen and oxygen atoms in total. The molecule has 0 saturated heterocycles. The quantitative estimate of drug-likeness (QED) is 0.581. The molecule has 1 heterocycles. The predicted octanol–water partition coefficient (Wildman–Crippen LogP) is 2.02. The van der Waals surface area contributed by atoms with E-state index in [0.29, 0.717) is 6.04 Å². The van der Waals surface area contributed by atoms with Gasteiger partial charge in [-0.25, -0.2) is 4.98 Å². The van der Waals surface area contributed by atoms with Crippen LogP contribution in [0.5, 0.6) is 0 Å². The summed E-state index contributed by atoms with van der Waals surface area (Å²) in [7, 11) is 0. The first-order valence-electron chi connectivity index (χ1n) is 3.43. The lowest BCUT2D eigenvalue weighted by atomic mass is 10.2. The van der Waals surface area contributed by atoms with Crippen molar-refractivity contribution in [3.8, 4) is 0 Å². The van der Waals surface area contributed by atoms with E-state index in [1.54, 1.807) is 6.20 Å². The maximum atomic E-state index is 3.95. The van der Waals surface area contributed by atoms with Crippen molar-refractivity contribution in [1.82, 2.24) is 9.55 Å². The van der Waals surface area contributed by atoms with Crippen LogP contribution in [0.3, 0.4) is 0 Å². The first-order valence-corrected chi connectivity index (χ1v) is 3.43. The second-order valence-corrected chi connectivity index (χ2v) is 2.38. The van der Waals surface area contributed by atoms with E-state index in [9.17, 15) is 0 Å². The highest BCUT2D eigenvalue weighted by Crippen LogP contribution is 2.08. The Morgan fingerprint density at radius 3 is 3.10 bits per heavy atom. The molecule has 1 aromatic heterocycles. The Balaban J connectivity index is 2.58. The fourth-order valence-corrected chi connectivity index (χ4v) is 0.893. The molecular formula is C8H12N2. The number of aromatic nitrogens is 2. The predicted molar refractivity (Wildman–Crippen MR) is 41.8 cm³/mol. The van der Waals surface area contributed by atoms with Crippen LogP contribution in [-0.2, 0) is 0 Å². The Morgan fingerprint density at radius 1 is 1.80 bits per heavy atom. The molecule has 2 heteroatoms. The molecule has 1 aromatic rings. The largest absolute Gasteiger partial charge is 0.334 e. The number of rotatable bonds is 3. The summed E-state index contributed by atoms with van der Waals surface area (Å²) in [6, 6.07) is 0.486. The highest BCUT2D eigenvalue weighted by atomic mass is 15.0. The molecule has 0 aromatic carbocycles. The summed E-state index contributed by atoms with van der Waals surface area (Å²) < 4.78 is 2.07. The van der Waals surface area contributed by atoms with Crippen molar-refractivity contribution in [2.75, 3.05) is 0 Å². The van der Waals surface area contributed by atoms with Gasteiger partial charge in [-0.1, -0.05) is 6.08 Å². The average molecular weight is 136 g/mol. The Labute approximate surface area is 61.2 Å². The molecule has 0 amide bonds. The molecule has 54 valence electrons. The van der Waals surface area contributed by atoms with E-state index < -0.39 is 0 Å². The molecular weight excluding hydrogens is 124 g/mol. The van der Waals surface area contributed by atoms with Gasteiger partial charge in [0.2, 0.25) is 0 Å². The lowest BCUT2D eigenvalue weighted by molar-refractivity contribution is 0.554. The van der Waals surface area contributed by atoms with Crippen molar-refractivity contribution < 1.29 is 0 Å². The SMILES string of the molecule is C=CCC(C)n1ccnc1. The molecule has 10 heavy (non-hydrogen) atoms. The average Bonchev–Trinajstić information content (AvgIpc) is 2.38. The van der Waals surface area contributed by atoms with Crippen LogP contribution in [0.25, 0.3) is 0 Å². The van der Waals surface area contributed by atoms with E-state index >= 15 is 0 Å². The first-order chi connectivity index (χ1) is 4.84. The first kappa shape index (κ1) is 7.06. The fraction of sp³-hybridized carbons (Fsp3) is 0.375. The van der Waals surface area contributed by atoms with Crippen LogP contribution in [0.15, 0.2) is 31.4 Å². The number of hydrogen-bond acceptors (Lipinski definition) is 1. The van der Waals surface area contributed by atoms with Crippen LogP contribution in [-0.4, -0.2) is 9.55 Å². The zero-order valence-corrected chi connectivity index (χ0v) is 6.20. The second-order valence-electron chi connectivity index (χ2n) is 2.38. The van der Waals surface area contributed by atoms with Crippen molar-refractivity contribution in [1.29, 1.82) is 0 Å². The summed E-state index contributed by atoms with van der Waals surface area (Å²) in [5.74, 6) is 0. The maximum absolute atomic E-state index is 3.95. The molecule has 0 aliphatic rings. The summed E-state index contributed by atoms with van der Waals surface area (Å²) in [4.78, 5) is 3.95. The monoisotopic (exact) mass is 136 g/mol. The van der Waals surface area contributed by atoms with E-state index in [1.165, 1.54) is 0 Å². The summed E-state index contributed by atoms with van der Waals surface area (Å²) >= 11 is 0. The number of hydrogen-bond donors (Lipinski definition) is 0. The second kappa shape index (κ2) is 3.20. The minimum absolute atomic E-state index is 0.486. The van der Waals surface area contributed by atoms with Gasteiger partial charge in [0.25, 0.3) is 0 Å². The molecule has 0 saturated carbocycles. The van der Waals surface area contributed by atoms with Gasteiger partial charge in [0.1, 0.15) is 0 Å². The van der Waals surface area contributed by atoms with Crippen molar-refractivity contribution in [3.63, 3.8) is 0 Å². The third-order valence-corrected chi connectivity index (χ3v) is 1.54. The van der Waals surface area contributed by atoms with E-state index in [-0.39, 0.29) is 0 Å². The Kier molecular flexibility index (Phi) is 2.26. The summed E-state index contributed by atoms with van der Waals surface area (Å²) in [5, 5.41) is 0. The van der Waals surface area contributed by atoms with Gasteiger partial charge in [0.15, 0.2) is 0 Å². The number of allylic oxidation sites excluding steroid dienone is 1. The van der Waals surface area contributed by atoms with Crippen LogP contribution >= 0.6 is 0 Å². The van der Waals surface area contributed by atoms with Crippen molar-refractivity contribution in [2.45, 2.75) is 19.4 Å². The maximum Gasteiger partial charge on any atom is 0.0948 e. The fourth-order valence-electron chi connectivity index (χ4n) is 0.893. The summed E-state index contributed by atoms with van der Waals surface area (Å²) in [6.07, 6.45) is 8.50. The lowest BCUT2D eigenvalue weighted by Gasteiger charge is -2.08. The molecule has 0 spiro atoms. The lowest BCUT2D eigenvalue weighted by Crippen LogP contribution is -1.99. The van der Waals surface area contributed by atoms with Gasteiger partial charge in [0.05, 0.1) is 6.33 Å². The molecule has 0 bridgehead atoms. The van der Waals surface area contributed by atoms with Crippen LogP contribution in [0.1, 0.15) is 19.4 Å². The van der Waals surface area contributed by atoms with Gasteiger partial charge in [-0.05, 0) is 13.3 Å². The topological polar surface area (TPSA) is 17.8 Å². The van der Waals surface area contributed by atoms with E-state index in [4.69, 9.17) is 0 Å². The molecule has 0 radical (unpaired) electrons. The van der Waals surface area contributed by atoms with Crippen LogP contribution in [0, 0.1) is 0 Å². The van der Waals surface area contributed by atoms with Crippen LogP contribution in [0.4, 0.5) is 0 Å². The Bertz CT molecular complexity index is 189. The van der Waals surface area contributed by atoms with Crippen molar-refractivity contribution in [3.05, 3.63) is 31.4 Å².